The Morgan fingerprint density at radius 3 is 2.09 bits per heavy atom. The molecule has 1 aliphatic heterocycles. The third-order valence-electron chi connectivity index (χ3n) is 6.33. The number of amides is 2. The molecule has 2 amide bonds. The maximum atomic E-state index is 13.4. The van der Waals surface area contributed by atoms with E-state index in [4.69, 9.17) is 18.9 Å². The van der Waals surface area contributed by atoms with Gasteiger partial charge in [-0.15, -0.1) is 0 Å². The molecule has 0 saturated carbocycles. The molecule has 2 rings (SSSR count). The lowest BCUT2D eigenvalue weighted by molar-refractivity contribution is -0.151. The monoisotopic (exact) mass is 478 g/mol. The molecule has 1 aliphatic rings. The summed E-state index contributed by atoms with van der Waals surface area (Å²) < 4.78 is 21.2. The zero-order chi connectivity index (χ0) is 25.3. The van der Waals surface area contributed by atoms with Crippen LogP contribution in [0.4, 0.5) is 0 Å². The Kier molecular flexibility index (Phi) is 10.5. The van der Waals surface area contributed by atoms with E-state index in [1.165, 1.54) is 21.3 Å². The van der Waals surface area contributed by atoms with E-state index in [1.807, 2.05) is 13.8 Å². The molecule has 0 spiro atoms. The average Bonchev–Trinajstić information content (AvgIpc) is 2.87. The van der Waals surface area contributed by atoms with Crippen LogP contribution in [0.25, 0.3) is 0 Å². The molecule has 1 aromatic rings. The number of carbonyl (C=O) groups is 3. The van der Waals surface area contributed by atoms with Crippen molar-refractivity contribution < 1.29 is 33.3 Å². The minimum atomic E-state index is -0.206. The van der Waals surface area contributed by atoms with Gasteiger partial charge in [-0.1, -0.05) is 6.92 Å². The van der Waals surface area contributed by atoms with Crippen LogP contribution in [0.5, 0.6) is 17.2 Å². The van der Waals surface area contributed by atoms with Gasteiger partial charge in [0, 0.05) is 37.7 Å². The minimum Gasteiger partial charge on any atom is -0.493 e. The highest BCUT2D eigenvalue weighted by Gasteiger charge is 2.29. The number of methoxy groups -OCH3 is 3. The van der Waals surface area contributed by atoms with Crippen LogP contribution in [-0.2, 0) is 14.3 Å². The number of benzene rings is 1. The van der Waals surface area contributed by atoms with Crippen LogP contribution in [0.15, 0.2) is 12.1 Å². The summed E-state index contributed by atoms with van der Waals surface area (Å²) in [6, 6.07) is 3.19. The van der Waals surface area contributed by atoms with Crippen LogP contribution < -0.4 is 14.2 Å². The molecule has 0 aromatic heterocycles. The molecule has 1 aromatic carbocycles. The number of rotatable bonds is 11. The van der Waals surface area contributed by atoms with Crippen LogP contribution in [-0.4, -0.2) is 81.2 Å². The Balaban J connectivity index is 2.09. The number of ether oxygens (including phenoxy) is 4. The van der Waals surface area contributed by atoms with Gasteiger partial charge in [-0.3, -0.25) is 14.4 Å². The molecule has 9 heteroatoms. The van der Waals surface area contributed by atoms with Crippen LogP contribution in [0.1, 0.15) is 56.8 Å². The first kappa shape index (κ1) is 27.3. The zero-order valence-corrected chi connectivity index (χ0v) is 21.2. The lowest BCUT2D eigenvalue weighted by Gasteiger charge is -2.33. The Morgan fingerprint density at radius 2 is 1.62 bits per heavy atom. The fourth-order valence-electron chi connectivity index (χ4n) is 4.11. The topological polar surface area (TPSA) is 94.6 Å². The van der Waals surface area contributed by atoms with Crippen molar-refractivity contribution in [1.29, 1.82) is 0 Å². The van der Waals surface area contributed by atoms with Crippen molar-refractivity contribution in [2.75, 3.05) is 47.6 Å². The number of nitrogens with zero attached hydrogens (tertiary/aromatic N) is 2. The third-order valence-corrected chi connectivity index (χ3v) is 6.33. The molecule has 1 atom stereocenters. The van der Waals surface area contributed by atoms with E-state index < -0.39 is 0 Å². The molecule has 1 heterocycles. The molecule has 0 radical (unpaired) electrons. The van der Waals surface area contributed by atoms with Crippen LogP contribution in [0.2, 0.25) is 0 Å². The SMILES string of the molecule is CCOC(=O)C1CCN(C(=O)CCN(C(=O)c2cc(OC)c(OC)c(OC)c2)C(C)CC)CC1. The quantitative estimate of drug-likeness (QED) is 0.451. The van der Waals surface area contributed by atoms with E-state index in [1.54, 1.807) is 28.9 Å². The largest absolute Gasteiger partial charge is 0.493 e. The van der Waals surface area contributed by atoms with Gasteiger partial charge in [-0.05, 0) is 45.2 Å². The highest BCUT2D eigenvalue weighted by atomic mass is 16.5. The lowest BCUT2D eigenvalue weighted by atomic mass is 9.97. The minimum absolute atomic E-state index is 0.0201. The number of esters is 1. The summed E-state index contributed by atoms with van der Waals surface area (Å²) in [6.45, 7) is 7.45. The number of likely N-dealkylation sites (tertiary alicyclic amines) is 1. The molecule has 0 N–H and O–H groups in total. The highest BCUT2D eigenvalue weighted by molar-refractivity contribution is 5.96. The maximum Gasteiger partial charge on any atom is 0.309 e. The molecular weight excluding hydrogens is 440 g/mol. The Labute approximate surface area is 202 Å². The first-order valence-corrected chi connectivity index (χ1v) is 11.9. The molecule has 1 unspecified atom stereocenters. The summed E-state index contributed by atoms with van der Waals surface area (Å²) in [5.74, 6) is 0.647. The number of hydrogen-bond donors (Lipinski definition) is 0. The van der Waals surface area contributed by atoms with Gasteiger partial charge in [-0.25, -0.2) is 0 Å². The zero-order valence-electron chi connectivity index (χ0n) is 21.2. The highest BCUT2D eigenvalue weighted by Crippen LogP contribution is 2.38. The first-order chi connectivity index (χ1) is 16.3. The van der Waals surface area contributed by atoms with E-state index in [0.29, 0.717) is 61.9 Å². The summed E-state index contributed by atoms with van der Waals surface area (Å²) in [6.07, 6.45) is 2.16. The van der Waals surface area contributed by atoms with Crippen molar-refractivity contribution in [2.45, 2.75) is 52.5 Å². The van der Waals surface area contributed by atoms with Crippen molar-refractivity contribution in [3.63, 3.8) is 0 Å². The Morgan fingerprint density at radius 1 is 1.03 bits per heavy atom. The molecule has 0 aliphatic carbocycles. The van der Waals surface area contributed by atoms with Gasteiger partial charge >= 0.3 is 5.97 Å². The van der Waals surface area contributed by atoms with E-state index in [2.05, 4.69) is 0 Å². The number of hydrogen-bond acceptors (Lipinski definition) is 7. The van der Waals surface area contributed by atoms with Crippen LogP contribution >= 0.6 is 0 Å². The van der Waals surface area contributed by atoms with Gasteiger partial charge in [0.25, 0.3) is 5.91 Å². The van der Waals surface area contributed by atoms with Crippen LogP contribution in [0.3, 0.4) is 0 Å². The van der Waals surface area contributed by atoms with Crippen molar-refractivity contribution in [3.8, 4) is 17.2 Å². The smallest absolute Gasteiger partial charge is 0.309 e. The molecule has 34 heavy (non-hydrogen) atoms. The summed E-state index contributed by atoms with van der Waals surface area (Å²) in [5, 5.41) is 0. The van der Waals surface area contributed by atoms with Crippen molar-refractivity contribution in [2.24, 2.45) is 5.92 Å². The fourth-order valence-corrected chi connectivity index (χ4v) is 4.11. The summed E-state index contributed by atoms with van der Waals surface area (Å²) in [5.41, 5.74) is 0.400. The number of carbonyl (C=O) groups excluding carboxylic acids is 3. The average molecular weight is 479 g/mol. The van der Waals surface area contributed by atoms with Gasteiger partial charge in [0.2, 0.25) is 11.7 Å². The van der Waals surface area contributed by atoms with E-state index in [-0.39, 0.29) is 36.2 Å². The molecule has 0 bridgehead atoms. The van der Waals surface area contributed by atoms with Gasteiger partial charge in [0.05, 0.1) is 33.9 Å². The lowest BCUT2D eigenvalue weighted by Crippen LogP contribution is -2.44. The summed E-state index contributed by atoms with van der Waals surface area (Å²) >= 11 is 0. The molecule has 9 nitrogen and oxygen atoms in total. The third kappa shape index (κ3) is 6.55. The molecular formula is C25H38N2O7. The second kappa shape index (κ2) is 13.1. The molecule has 1 fully saturated rings. The molecule has 190 valence electrons. The standard InChI is InChI=1S/C25H38N2O7/c1-7-17(3)27(24(29)19-15-20(31-4)23(33-6)21(16-19)32-5)14-11-22(28)26-12-9-18(10-13-26)25(30)34-8-2/h15-18H,7-14H2,1-6H3. The first-order valence-electron chi connectivity index (χ1n) is 11.9. The number of piperidine rings is 1. The summed E-state index contributed by atoms with van der Waals surface area (Å²) in [4.78, 5) is 41.7. The van der Waals surface area contributed by atoms with Crippen molar-refractivity contribution in [1.82, 2.24) is 9.80 Å². The van der Waals surface area contributed by atoms with Crippen molar-refractivity contribution in [3.05, 3.63) is 17.7 Å². The van der Waals surface area contributed by atoms with Gasteiger partial charge in [0.15, 0.2) is 11.5 Å². The van der Waals surface area contributed by atoms with E-state index in [9.17, 15) is 14.4 Å². The predicted octanol–water partition coefficient (Wildman–Crippen LogP) is 3.14. The van der Waals surface area contributed by atoms with E-state index in [0.717, 1.165) is 6.42 Å². The molecule has 1 saturated heterocycles. The van der Waals surface area contributed by atoms with E-state index >= 15 is 0 Å². The van der Waals surface area contributed by atoms with Crippen molar-refractivity contribution >= 4 is 17.8 Å². The van der Waals surface area contributed by atoms with Gasteiger partial charge in [-0.2, -0.15) is 0 Å². The van der Waals surface area contributed by atoms with Crippen LogP contribution in [0, 0.1) is 5.92 Å². The predicted molar refractivity (Wildman–Crippen MR) is 127 cm³/mol. The Bertz CT molecular complexity index is 825. The van der Waals surface area contributed by atoms with Gasteiger partial charge in [0.1, 0.15) is 0 Å². The second-order valence-electron chi connectivity index (χ2n) is 8.33. The maximum absolute atomic E-state index is 13.4. The fraction of sp³-hybridized carbons (Fsp3) is 0.640. The Hall–Kier alpha value is -2.97. The summed E-state index contributed by atoms with van der Waals surface area (Å²) in [7, 11) is 4.51. The van der Waals surface area contributed by atoms with Gasteiger partial charge < -0.3 is 28.7 Å². The normalized spacial score (nSPS) is 14.8. The second-order valence-corrected chi connectivity index (χ2v) is 8.33.